The van der Waals surface area contributed by atoms with Crippen LogP contribution in [0.15, 0.2) is 28.7 Å². The highest BCUT2D eigenvalue weighted by Crippen LogP contribution is 2.27. The summed E-state index contributed by atoms with van der Waals surface area (Å²) in [7, 11) is 5.78. The van der Waals surface area contributed by atoms with Crippen LogP contribution in [0.4, 0.5) is 0 Å². The molecule has 1 aromatic carbocycles. The number of nitrogens with two attached hydrogens (primary N) is 1. The summed E-state index contributed by atoms with van der Waals surface area (Å²) in [5.41, 5.74) is 7.79. The number of nitrogens with zero attached hydrogens (tertiary/aromatic N) is 2. The molecule has 0 fully saturated rings. The zero-order valence-corrected chi connectivity index (χ0v) is 17.8. The summed E-state index contributed by atoms with van der Waals surface area (Å²) in [5.74, 6) is 0.758. The van der Waals surface area contributed by atoms with Crippen LogP contribution in [0, 0.1) is 5.92 Å². The molecule has 1 atom stereocenters. The smallest absolute Gasteiger partial charge is 0.289 e. The van der Waals surface area contributed by atoms with Crippen molar-refractivity contribution in [2.75, 3.05) is 27.7 Å². The molecule has 1 heterocycles. The lowest BCUT2D eigenvalue weighted by Gasteiger charge is -2.21. The first-order valence-electron chi connectivity index (χ1n) is 8.47. The number of hydrogen-bond donors (Lipinski definition) is 1. The third-order valence-corrected chi connectivity index (χ3v) is 4.37. The molecule has 7 heteroatoms. The molecule has 1 aromatic heterocycles. The largest absolute Gasteiger partial charge is 0.451 e. The van der Waals surface area contributed by atoms with Crippen LogP contribution < -0.4 is 5.73 Å². The van der Waals surface area contributed by atoms with Crippen LogP contribution in [0.3, 0.4) is 0 Å². The molecule has 1 unspecified atom stereocenters. The second-order valence-corrected chi connectivity index (χ2v) is 7.07. The molecule has 0 radical (unpaired) electrons. The lowest BCUT2D eigenvalue weighted by Crippen LogP contribution is -2.35. The van der Waals surface area contributed by atoms with Crippen molar-refractivity contribution in [3.05, 3.63) is 35.6 Å². The van der Waals surface area contributed by atoms with E-state index in [0.717, 1.165) is 23.0 Å². The first-order chi connectivity index (χ1) is 11.3. The van der Waals surface area contributed by atoms with Gasteiger partial charge in [-0.2, -0.15) is 0 Å². The summed E-state index contributed by atoms with van der Waals surface area (Å²) >= 11 is 0. The number of rotatable bonds is 7. The van der Waals surface area contributed by atoms with Gasteiger partial charge in [-0.3, -0.25) is 4.79 Å². The van der Waals surface area contributed by atoms with Gasteiger partial charge in [0.15, 0.2) is 5.76 Å². The van der Waals surface area contributed by atoms with Crippen molar-refractivity contribution in [1.29, 1.82) is 0 Å². The molecule has 2 rings (SSSR count). The molecule has 0 aliphatic carbocycles. The topological polar surface area (TPSA) is 62.7 Å². The van der Waals surface area contributed by atoms with Crippen molar-refractivity contribution in [3.63, 3.8) is 0 Å². The molecular weight excluding hydrogens is 373 g/mol. The van der Waals surface area contributed by atoms with Crippen molar-refractivity contribution in [2.45, 2.75) is 32.9 Å². The second kappa shape index (κ2) is 10.8. The Bertz CT molecular complexity index is 701. The van der Waals surface area contributed by atoms with Crippen molar-refractivity contribution in [2.24, 2.45) is 11.7 Å². The summed E-state index contributed by atoms with van der Waals surface area (Å²) in [4.78, 5) is 16.6. The van der Waals surface area contributed by atoms with Crippen LogP contribution in [0.2, 0.25) is 0 Å². The molecule has 5 nitrogen and oxygen atoms in total. The Labute approximate surface area is 168 Å². The molecule has 1 amide bonds. The van der Waals surface area contributed by atoms with Gasteiger partial charge in [0.1, 0.15) is 5.58 Å². The van der Waals surface area contributed by atoms with E-state index >= 15 is 0 Å². The molecular formula is C19H31Cl2N3O2. The Morgan fingerprint density at radius 2 is 1.77 bits per heavy atom. The van der Waals surface area contributed by atoms with Gasteiger partial charge < -0.3 is 20.0 Å². The lowest BCUT2D eigenvalue weighted by molar-refractivity contribution is 0.0757. The maximum absolute atomic E-state index is 12.9. The van der Waals surface area contributed by atoms with E-state index in [1.165, 1.54) is 0 Å². The van der Waals surface area contributed by atoms with E-state index in [2.05, 4.69) is 13.8 Å². The molecule has 0 spiro atoms. The number of hydrogen-bond acceptors (Lipinski definition) is 4. The van der Waals surface area contributed by atoms with Crippen LogP contribution in [0.25, 0.3) is 11.0 Å². The lowest BCUT2D eigenvalue weighted by atomic mass is 10.0. The average Bonchev–Trinajstić information content (AvgIpc) is 2.89. The molecule has 0 bridgehead atoms. The van der Waals surface area contributed by atoms with Crippen LogP contribution in [-0.2, 0) is 6.54 Å². The first kappa shape index (κ1) is 24.7. The minimum Gasteiger partial charge on any atom is -0.451 e. The third-order valence-electron chi connectivity index (χ3n) is 4.37. The van der Waals surface area contributed by atoms with E-state index in [1.54, 1.807) is 4.90 Å². The number of para-hydroxylation sites is 1. The maximum Gasteiger partial charge on any atom is 0.289 e. The Balaban J connectivity index is 0.00000312. The number of amides is 1. The number of carbonyl (C=O) groups excluding carboxylic acids is 1. The highest BCUT2D eigenvalue weighted by atomic mass is 35.5. The Kier molecular flexibility index (Phi) is 10.2. The maximum atomic E-state index is 12.9. The zero-order valence-electron chi connectivity index (χ0n) is 16.2. The predicted octanol–water partition coefficient (Wildman–Crippen LogP) is 3.78. The van der Waals surface area contributed by atoms with E-state index < -0.39 is 0 Å². The van der Waals surface area contributed by atoms with Gasteiger partial charge in [-0.15, -0.1) is 24.8 Å². The minimum absolute atomic E-state index is 0. The summed E-state index contributed by atoms with van der Waals surface area (Å²) in [6, 6.07) is 7.89. The van der Waals surface area contributed by atoms with Crippen molar-refractivity contribution in [3.8, 4) is 0 Å². The standard InChI is InChI=1S/C19H29N3O2.2ClH/c1-13(2)16(20)10-11-22(5)19(23)18-15(12-21(3)4)14-8-6-7-9-17(14)24-18;;/h6-9,13,16H,10-12,20H2,1-5H3;2*1H. The highest BCUT2D eigenvalue weighted by Gasteiger charge is 2.24. The molecule has 0 saturated carbocycles. The van der Waals surface area contributed by atoms with Gasteiger partial charge in [-0.05, 0) is 32.5 Å². The monoisotopic (exact) mass is 403 g/mol. The number of fused-ring (bicyclic) bond motifs is 1. The summed E-state index contributed by atoms with van der Waals surface area (Å²) in [5, 5.41) is 1.00. The summed E-state index contributed by atoms with van der Waals surface area (Å²) in [6.45, 7) is 5.48. The quantitative estimate of drug-likeness (QED) is 0.763. The zero-order chi connectivity index (χ0) is 17.9. The number of halogens is 2. The molecule has 0 saturated heterocycles. The van der Waals surface area contributed by atoms with Gasteiger partial charge in [-0.25, -0.2) is 0 Å². The third kappa shape index (κ3) is 5.88. The highest BCUT2D eigenvalue weighted by molar-refractivity contribution is 5.99. The fraction of sp³-hybridized carbons (Fsp3) is 0.526. The normalized spacial score (nSPS) is 12.0. The van der Waals surface area contributed by atoms with Crippen LogP contribution in [0.1, 0.15) is 36.4 Å². The van der Waals surface area contributed by atoms with Gasteiger partial charge in [0.2, 0.25) is 0 Å². The van der Waals surface area contributed by atoms with Gasteiger partial charge >= 0.3 is 0 Å². The fourth-order valence-electron chi connectivity index (χ4n) is 2.70. The van der Waals surface area contributed by atoms with Crippen LogP contribution in [0.5, 0.6) is 0 Å². The van der Waals surface area contributed by atoms with E-state index in [9.17, 15) is 4.79 Å². The number of benzene rings is 1. The molecule has 26 heavy (non-hydrogen) atoms. The van der Waals surface area contributed by atoms with E-state index in [0.29, 0.717) is 24.8 Å². The predicted molar refractivity (Wildman–Crippen MR) is 112 cm³/mol. The van der Waals surface area contributed by atoms with Crippen molar-refractivity contribution in [1.82, 2.24) is 9.80 Å². The van der Waals surface area contributed by atoms with Gasteiger partial charge in [-0.1, -0.05) is 32.0 Å². The molecule has 2 N–H and O–H groups in total. The molecule has 0 aliphatic rings. The first-order valence-corrected chi connectivity index (χ1v) is 8.47. The average molecular weight is 404 g/mol. The van der Waals surface area contributed by atoms with E-state index in [1.807, 2.05) is 50.3 Å². The Hall–Kier alpha value is -1.27. The van der Waals surface area contributed by atoms with Crippen LogP contribution >= 0.6 is 24.8 Å². The number of carbonyl (C=O) groups is 1. The summed E-state index contributed by atoms with van der Waals surface area (Å²) in [6.07, 6.45) is 0.781. The molecule has 0 aliphatic heterocycles. The van der Waals surface area contributed by atoms with Gasteiger partial charge in [0.25, 0.3) is 5.91 Å². The van der Waals surface area contributed by atoms with Crippen LogP contribution in [-0.4, -0.2) is 49.4 Å². The van der Waals surface area contributed by atoms with Crippen molar-refractivity contribution < 1.29 is 9.21 Å². The fourth-order valence-corrected chi connectivity index (χ4v) is 2.70. The van der Waals surface area contributed by atoms with E-state index in [-0.39, 0.29) is 36.8 Å². The molecule has 148 valence electrons. The minimum atomic E-state index is -0.0843. The van der Waals surface area contributed by atoms with Gasteiger partial charge in [0, 0.05) is 37.1 Å². The second-order valence-electron chi connectivity index (χ2n) is 7.07. The SMILES string of the molecule is CC(C)C(N)CCN(C)C(=O)c1oc2ccccc2c1CN(C)C.Cl.Cl. The summed E-state index contributed by atoms with van der Waals surface area (Å²) < 4.78 is 5.89. The van der Waals surface area contributed by atoms with Crippen molar-refractivity contribution >= 4 is 41.7 Å². The Morgan fingerprint density at radius 1 is 1.15 bits per heavy atom. The Morgan fingerprint density at radius 3 is 2.35 bits per heavy atom. The van der Waals surface area contributed by atoms with Gasteiger partial charge in [0.05, 0.1) is 0 Å². The molecule has 2 aromatic rings. The number of furan rings is 1. The van der Waals surface area contributed by atoms with E-state index in [4.69, 9.17) is 10.2 Å².